The van der Waals surface area contributed by atoms with E-state index in [1.54, 1.807) is 0 Å². The summed E-state index contributed by atoms with van der Waals surface area (Å²) < 4.78 is 95.2. The summed E-state index contributed by atoms with van der Waals surface area (Å²) >= 11 is 0. The largest absolute Gasteiger partial charge is 0.497 e. The maximum Gasteiger partial charge on any atom is 0.460 e. The van der Waals surface area contributed by atoms with E-state index in [0.717, 1.165) is 24.3 Å². The van der Waals surface area contributed by atoms with Crippen LogP contribution in [0, 0.1) is 0 Å². The van der Waals surface area contributed by atoms with E-state index in [1.807, 2.05) is 0 Å². The van der Waals surface area contributed by atoms with Crippen LogP contribution in [0.2, 0.25) is 0 Å². The summed E-state index contributed by atoms with van der Waals surface area (Å²) in [5, 5.41) is 0. The average Bonchev–Trinajstić information content (AvgIpc) is 2.38. The van der Waals surface area contributed by atoms with Crippen molar-refractivity contribution in [1.29, 1.82) is 0 Å². The van der Waals surface area contributed by atoms with Crippen molar-refractivity contribution < 1.29 is 45.0 Å². The van der Waals surface area contributed by atoms with Crippen LogP contribution < -0.4 is 9.47 Å². The second kappa shape index (κ2) is 5.41. The van der Waals surface area contributed by atoms with Gasteiger partial charge in [-0.2, -0.15) is 30.7 Å². The zero-order valence-electron chi connectivity index (χ0n) is 10.2. The standard InChI is InChI=1S/C11H7F7O3/c1-20-6-2-4-7(5-3-6)21-8(19)9(12,13)10(14,15)11(16,17)18/h2-5H,1H3. The molecular formula is C11H7F7O3. The Labute approximate surface area is 113 Å². The molecule has 0 aromatic heterocycles. The summed E-state index contributed by atoms with van der Waals surface area (Å²) in [5.41, 5.74) is 0. The lowest BCUT2D eigenvalue weighted by Gasteiger charge is -2.26. The van der Waals surface area contributed by atoms with Crippen molar-refractivity contribution in [2.24, 2.45) is 0 Å². The minimum absolute atomic E-state index is 0.224. The van der Waals surface area contributed by atoms with Crippen LogP contribution in [0.3, 0.4) is 0 Å². The summed E-state index contributed by atoms with van der Waals surface area (Å²) in [7, 11) is 1.26. The van der Waals surface area contributed by atoms with Gasteiger partial charge in [0, 0.05) is 0 Å². The first-order valence-electron chi connectivity index (χ1n) is 5.12. The topological polar surface area (TPSA) is 35.5 Å². The van der Waals surface area contributed by atoms with Gasteiger partial charge >= 0.3 is 24.0 Å². The fourth-order valence-corrected chi connectivity index (χ4v) is 1.12. The molecule has 0 spiro atoms. The molecule has 3 nitrogen and oxygen atoms in total. The van der Waals surface area contributed by atoms with E-state index in [1.165, 1.54) is 7.11 Å². The molecule has 0 aliphatic heterocycles. The van der Waals surface area contributed by atoms with Crippen molar-refractivity contribution in [2.45, 2.75) is 18.0 Å². The number of carbonyl (C=O) groups is 1. The summed E-state index contributed by atoms with van der Waals surface area (Å²) in [6.45, 7) is 0. The van der Waals surface area contributed by atoms with Crippen molar-refractivity contribution >= 4 is 5.97 Å². The van der Waals surface area contributed by atoms with Crippen LogP contribution in [0.5, 0.6) is 11.5 Å². The molecular weight excluding hydrogens is 313 g/mol. The predicted molar refractivity (Wildman–Crippen MR) is 54.6 cm³/mol. The van der Waals surface area contributed by atoms with E-state index in [0.29, 0.717) is 0 Å². The molecule has 10 heteroatoms. The van der Waals surface area contributed by atoms with Gasteiger partial charge in [-0.15, -0.1) is 0 Å². The molecule has 1 rings (SSSR count). The molecule has 0 radical (unpaired) electrons. The van der Waals surface area contributed by atoms with Crippen molar-refractivity contribution in [3.05, 3.63) is 24.3 Å². The maximum absolute atomic E-state index is 13.0. The number of benzene rings is 1. The van der Waals surface area contributed by atoms with E-state index in [4.69, 9.17) is 0 Å². The highest BCUT2D eigenvalue weighted by Gasteiger charge is 2.77. The van der Waals surface area contributed by atoms with Gasteiger partial charge in [-0.3, -0.25) is 0 Å². The van der Waals surface area contributed by atoms with Crippen LogP contribution in [-0.4, -0.2) is 31.1 Å². The van der Waals surface area contributed by atoms with Crippen molar-refractivity contribution in [1.82, 2.24) is 0 Å². The smallest absolute Gasteiger partial charge is 0.460 e. The lowest BCUT2D eigenvalue weighted by Crippen LogP contribution is -2.57. The van der Waals surface area contributed by atoms with Crippen molar-refractivity contribution in [3.8, 4) is 11.5 Å². The van der Waals surface area contributed by atoms with E-state index in [9.17, 15) is 35.5 Å². The summed E-state index contributed by atoms with van der Waals surface area (Å²) in [4.78, 5) is 10.9. The highest BCUT2D eigenvalue weighted by molar-refractivity contribution is 5.81. The summed E-state index contributed by atoms with van der Waals surface area (Å²) in [6.07, 6.45) is -6.60. The number of ether oxygens (including phenoxy) is 2. The van der Waals surface area contributed by atoms with Gasteiger partial charge in [0.1, 0.15) is 11.5 Å². The minimum atomic E-state index is -6.60. The molecule has 1 aromatic rings. The quantitative estimate of drug-likeness (QED) is 0.484. The Morgan fingerprint density at radius 3 is 1.71 bits per heavy atom. The molecule has 118 valence electrons. The predicted octanol–water partition coefficient (Wildman–Crippen LogP) is 3.43. The monoisotopic (exact) mass is 320 g/mol. The number of carbonyl (C=O) groups excluding carboxylic acids is 1. The zero-order chi connectivity index (χ0) is 16.5. The fraction of sp³-hybridized carbons (Fsp3) is 0.364. The molecule has 0 unspecified atom stereocenters. The first-order chi connectivity index (χ1) is 9.43. The van der Waals surface area contributed by atoms with Gasteiger partial charge in [-0.25, -0.2) is 4.79 Å². The first kappa shape index (κ1) is 17.1. The normalized spacial score (nSPS) is 13.0. The number of esters is 1. The number of methoxy groups -OCH3 is 1. The van der Waals surface area contributed by atoms with Crippen molar-refractivity contribution in [2.75, 3.05) is 7.11 Å². The van der Waals surface area contributed by atoms with Gasteiger partial charge in [-0.05, 0) is 24.3 Å². The SMILES string of the molecule is COc1ccc(OC(=O)C(F)(F)C(F)(F)C(F)(F)F)cc1. The third kappa shape index (κ3) is 3.19. The average molecular weight is 320 g/mol. The minimum Gasteiger partial charge on any atom is -0.497 e. The molecule has 0 N–H and O–H groups in total. The molecule has 0 aliphatic carbocycles. The Morgan fingerprint density at radius 1 is 0.905 bits per heavy atom. The number of halogens is 7. The molecule has 0 saturated heterocycles. The third-order valence-corrected chi connectivity index (χ3v) is 2.28. The first-order valence-corrected chi connectivity index (χ1v) is 5.12. The van der Waals surface area contributed by atoms with E-state index in [2.05, 4.69) is 9.47 Å². The van der Waals surface area contributed by atoms with Crippen molar-refractivity contribution in [3.63, 3.8) is 0 Å². The van der Waals surface area contributed by atoms with E-state index in [-0.39, 0.29) is 5.75 Å². The molecule has 0 saturated carbocycles. The Bertz CT molecular complexity index is 508. The molecule has 0 fully saturated rings. The summed E-state index contributed by atoms with van der Waals surface area (Å²) in [5.74, 6) is -16.1. The van der Waals surface area contributed by atoms with Crippen LogP contribution in [0.15, 0.2) is 24.3 Å². The van der Waals surface area contributed by atoms with Gasteiger partial charge in [0.15, 0.2) is 0 Å². The van der Waals surface area contributed by atoms with Crippen LogP contribution in [-0.2, 0) is 4.79 Å². The highest BCUT2D eigenvalue weighted by atomic mass is 19.4. The van der Waals surface area contributed by atoms with Gasteiger partial charge in [0.25, 0.3) is 0 Å². The van der Waals surface area contributed by atoms with Gasteiger partial charge < -0.3 is 9.47 Å². The Hall–Kier alpha value is -2.00. The van der Waals surface area contributed by atoms with Gasteiger partial charge in [0.2, 0.25) is 0 Å². The molecule has 0 bridgehead atoms. The second-order valence-corrected chi connectivity index (χ2v) is 3.71. The van der Waals surface area contributed by atoms with Gasteiger partial charge in [0.05, 0.1) is 7.11 Å². The molecule has 0 amide bonds. The van der Waals surface area contributed by atoms with E-state index < -0.39 is 29.7 Å². The van der Waals surface area contributed by atoms with Gasteiger partial charge in [-0.1, -0.05) is 0 Å². The van der Waals surface area contributed by atoms with E-state index >= 15 is 0 Å². The molecule has 0 heterocycles. The highest BCUT2D eigenvalue weighted by Crippen LogP contribution is 2.47. The third-order valence-electron chi connectivity index (χ3n) is 2.28. The second-order valence-electron chi connectivity index (χ2n) is 3.71. The molecule has 21 heavy (non-hydrogen) atoms. The molecule has 0 atom stereocenters. The van der Waals surface area contributed by atoms with Crippen LogP contribution in [0.1, 0.15) is 0 Å². The van der Waals surface area contributed by atoms with Crippen LogP contribution in [0.4, 0.5) is 30.7 Å². The number of alkyl halides is 7. The lowest BCUT2D eigenvalue weighted by molar-refractivity contribution is -0.346. The number of hydrogen-bond donors (Lipinski definition) is 0. The number of hydrogen-bond acceptors (Lipinski definition) is 3. The van der Waals surface area contributed by atoms with Crippen LogP contribution in [0.25, 0.3) is 0 Å². The summed E-state index contributed by atoms with van der Waals surface area (Å²) in [6, 6.07) is 4.03. The molecule has 0 aliphatic rings. The Morgan fingerprint density at radius 2 is 1.33 bits per heavy atom. The Kier molecular flexibility index (Phi) is 4.40. The fourth-order valence-electron chi connectivity index (χ4n) is 1.12. The zero-order valence-corrected chi connectivity index (χ0v) is 10.2. The lowest BCUT2D eigenvalue weighted by atomic mass is 10.1. The molecule has 1 aromatic carbocycles. The maximum atomic E-state index is 13.0. The van der Waals surface area contributed by atoms with Crippen LogP contribution >= 0.6 is 0 Å². The Balaban J connectivity index is 2.96. The number of rotatable bonds is 4.